The number of pyridine rings is 1. The highest BCUT2D eigenvalue weighted by atomic mass is 32.2. The summed E-state index contributed by atoms with van der Waals surface area (Å²) in [5.41, 5.74) is 1.90. The second-order valence-corrected chi connectivity index (χ2v) is 8.57. The van der Waals surface area contributed by atoms with Gasteiger partial charge in [0.05, 0.1) is 5.69 Å². The van der Waals surface area contributed by atoms with E-state index in [0.29, 0.717) is 18.0 Å². The molecule has 1 atom stereocenters. The van der Waals surface area contributed by atoms with Gasteiger partial charge in [-0.15, -0.1) is 16.9 Å². The average molecular weight is 445 g/mol. The number of nitrogens with zero attached hydrogens (tertiary/aromatic N) is 4. The molecule has 4 aromatic rings. The summed E-state index contributed by atoms with van der Waals surface area (Å²) in [5.74, 6) is 0.365. The van der Waals surface area contributed by atoms with Crippen LogP contribution in [-0.2, 0) is 11.2 Å². The Labute approximate surface area is 188 Å². The molecular weight excluding hydrogens is 424 g/mol. The number of thioether (sulfide) groups is 1. The molecule has 5 rings (SSSR count). The Morgan fingerprint density at radius 3 is 2.91 bits per heavy atom. The summed E-state index contributed by atoms with van der Waals surface area (Å²) in [6, 6.07) is 15.0. The maximum atomic E-state index is 13.2. The number of benzene rings is 2. The number of amides is 2. The van der Waals surface area contributed by atoms with Crippen LogP contribution in [0, 0.1) is 0 Å². The predicted octanol–water partition coefficient (Wildman–Crippen LogP) is 2.81. The van der Waals surface area contributed by atoms with Crippen LogP contribution in [0.5, 0.6) is 0 Å². The van der Waals surface area contributed by atoms with Crippen molar-refractivity contribution in [1.82, 2.24) is 25.5 Å². The first kappa shape index (κ1) is 20.2. The van der Waals surface area contributed by atoms with Gasteiger partial charge in [-0.3, -0.25) is 19.7 Å². The van der Waals surface area contributed by atoms with Gasteiger partial charge in [-0.25, -0.2) is 4.98 Å². The molecule has 0 spiro atoms. The van der Waals surface area contributed by atoms with Gasteiger partial charge in [-0.1, -0.05) is 36.4 Å². The van der Waals surface area contributed by atoms with Crippen molar-refractivity contribution in [2.24, 2.45) is 0 Å². The highest BCUT2D eigenvalue weighted by Gasteiger charge is 2.31. The minimum atomic E-state index is -0.696. The van der Waals surface area contributed by atoms with Crippen molar-refractivity contribution < 1.29 is 9.59 Å². The topological polar surface area (TPSA) is 104 Å². The van der Waals surface area contributed by atoms with Gasteiger partial charge in [0, 0.05) is 47.3 Å². The Balaban J connectivity index is 1.33. The van der Waals surface area contributed by atoms with E-state index in [9.17, 15) is 9.59 Å². The van der Waals surface area contributed by atoms with Gasteiger partial charge in [0.1, 0.15) is 11.9 Å². The van der Waals surface area contributed by atoms with Gasteiger partial charge in [-0.05, 0) is 17.7 Å². The molecule has 2 aromatic carbocycles. The molecule has 1 unspecified atom stereocenters. The third kappa shape index (κ3) is 3.82. The van der Waals surface area contributed by atoms with E-state index in [2.05, 4.69) is 25.5 Å². The third-order valence-corrected chi connectivity index (χ3v) is 6.52. The number of anilines is 1. The van der Waals surface area contributed by atoms with Crippen molar-refractivity contribution in [2.75, 3.05) is 17.7 Å². The van der Waals surface area contributed by atoms with Crippen LogP contribution >= 0.6 is 11.8 Å². The number of aromatic nitrogens is 4. The average Bonchev–Trinajstić information content (AvgIpc) is 3.25. The van der Waals surface area contributed by atoms with Crippen LogP contribution in [0.2, 0.25) is 0 Å². The number of aromatic amines is 1. The lowest BCUT2D eigenvalue weighted by atomic mass is 10.1. The lowest BCUT2D eigenvalue weighted by Crippen LogP contribution is -2.48. The zero-order valence-electron chi connectivity index (χ0n) is 17.3. The number of likely N-dealkylation sites (N-methyl/N-ethyl adjacent to an activating group) is 1. The minimum absolute atomic E-state index is 0.0228. The van der Waals surface area contributed by atoms with E-state index < -0.39 is 11.9 Å². The molecule has 0 radical (unpaired) electrons. The summed E-state index contributed by atoms with van der Waals surface area (Å²) in [4.78, 5) is 37.0. The van der Waals surface area contributed by atoms with Gasteiger partial charge in [0.15, 0.2) is 0 Å². The van der Waals surface area contributed by atoms with Crippen LogP contribution in [0.4, 0.5) is 5.69 Å². The van der Waals surface area contributed by atoms with E-state index in [1.54, 1.807) is 24.3 Å². The fourth-order valence-corrected chi connectivity index (χ4v) is 4.89. The number of hydrogen-bond acceptors (Lipinski definition) is 6. The maximum absolute atomic E-state index is 13.2. The highest BCUT2D eigenvalue weighted by Crippen LogP contribution is 2.39. The molecule has 0 aliphatic carbocycles. The molecule has 2 aromatic heterocycles. The first-order valence-electron chi connectivity index (χ1n) is 10.1. The number of carbonyl (C=O) groups is 2. The van der Waals surface area contributed by atoms with E-state index in [4.69, 9.17) is 0 Å². The van der Waals surface area contributed by atoms with Crippen LogP contribution in [0.3, 0.4) is 0 Å². The zero-order chi connectivity index (χ0) is 22.1. The quantitative estimate of drug-likeness (QED) is 0.502. The molecule has 160 valence electrons. The summed E-state index contributed by atoms with van der Waals surface area (Å²) < 4.78 is 0. The Morgan fingerprint density at radius 2 is 2.06 bits per heavy atom. The van der Waals surface area contributed by atoms with Crippen molar-refractivity contribution >= 4 is 40.0 Å². The molecule has 0 saturated carbocycles. The summed E-state index contributed by atoms with van der Waals surface area (Å²) in [7, 11) is 1.73. The second kappa shape index (κ2) is 8.43. The monoisotopic (exact) mass is 444 g/mol. The fraction of sp³-hybridized carbons (Fsp3) is 0.174. The molecule has 0 bridgehead atoms. The predicted molar refractivity (Wildman–Crippen MR) is 123 cm³/mol. The van der Waals surface area contributed by atoms with Crippen LogP contribution < -0.4 is 10.2 Å². The van der Waals surface area contributed by atoms with E-state index in [1.807, 2.05) is 48.5 Å². The van der Waals surface area contributed by atoms with Gasteiger partial charge in [-0.2, -0.15) is 0 Å². The molecule has 1 aliphatic rings. The highest BCUT2D eigenvalue weighted by molar-refractivity contribution is 7.99. The van der Waals surface area contributed by atoms with Crippen molar-refractivity contribution in [3.63, 3.8) is 0 Å². The molecule has 1 aliphatic heterocycles. The number of H-pyrrole nitrogens is 1. The van der Waals surface area contributed by atoms with E-state index in [1.165, 1.54) is 11.8 Å². The largest absolute Gasteiger partial charge is 0.337 e. The van der Waals surface area contributed by atoms with Crippen LogP contribution in [-0.4, -0.2) is 50.8 Å². The molecular formula is C23H20N6O2S. The number of nitrogens with one attached hydrogen (secondary N) is 2. The summed E-state index contributed by atoms with van der Waals surface area (Å²) in [6.45, 7) is 0. The molecule has 8 nitrogen and oxygen atoms in total. The van der Waals surface area contributed by atoms with Crippen molar-refractivity contribution in [2.45, 2.75) is 17.4 Å². The van der Waals surface area contributed by atoms with Gasteiger partial charge in [0.2, 0.25) is 11.7 Å². The van der Waals surface area contributed by atoms with Crippen LogP contribution in [0.15, 0.2) is 65.8 Å². The van der Waals surface area contributed by atoms with Crippen molar-refractivity contribution in [3.8, 4) is 0 Å². The van der Waals surface area contributed by atoms with E-state index in [0.717, 1.165) is 26.9 Å². The first-order valence-corrected chi connectivity index (χ1v) is 11.1. The second-order valence-electron chi connectivity index (χ2n) is 7.51. The lowest BCUT2D eigenvalue weighted by molar-refractivity contribution is -0.119. The van der Waals surface area contributed by atoms with Crippen molar-refractivity contribution in [3.05, 3.63) is 78.1 Å². The normalized spacial score (nSPS) is 16.0. The van der Waals surface area contributed by atoms with Gasteiger partial charge < -0.3 is 10.2 Å². The zero-order valence-corrected chi connectivity index (χ0v) is 18.1. The minimum Gasteiger partial charge on any atom is -0.337 e. The lowest BCUT2D eigenvalue weighted by Gasteiger charge is -2.22. The molecule has 9 heteroatoms. The van der Waals surface area contributed by atoms with Gasteiger partial charge >= 0.3 is 0 Å². The summed E-state index contributed by atoms with van der Waals surface area (Å²) in [6.07, 6.45) is 4.03. The maximum Gasteiger partial charge on any atom is 0.291 e. The van der Waals surface area contributed by atoms with E-state index >= 15 is 0 Å². The fourth-order valence-electron chi connectivity index (χ4n) is 3.77. The Morgan fingerprint density at radius 1 is 1.22 bits per heavy atom. The molecule has 3 heterocycles. The Kier molecular flexibility index (Phi) is 5.32. The first-order chi connectivity index (χ1) is 15.6. The summed E-state index contributed by atoms with van der Waals surface area (Å²) >= 11 is 1.54. The van der Waals surface area contributed by atoms with Gasteiger partial charge in [0.25, 0.3) is 5.91 Å². The standard InChI is InChI=1S/C23H20N6O2S/c1-29-20-16-9-10-24-12-15(16)7-8-18(20)32-13-17(23(29)31)25-22(30)21-26-19(27-28-21)11-14-5-3-2-4-6-14/h2-10,12,17H,11,13H2,1H3,(H,25,30)(H,26,27,28). The number of fused-ring (bicyclic) bond motifs is 3. The number of carbonyl (C=O) groups excluding carboxylic acids is 2. The number of rotatable bonds is 4. The Hall–Kier alpha value is -3.72. The molecule has 0 fully saturated rings. The smallest absolute Gasteiger partial charge is 0.291 e. The Bertz CT molecular complexity index is 1310. The molecule has 2 N–H and O–H groups in total. The number of hydrogen-bond donors (Lipinski definition) is 2. The molecule has 32 heavy (non-hydrogen) atoms. The molecule has 0 saturated heterocycles. The van der Waals surface area contributed by atoms with E-state index in [-0.39, 0.29) is 11.7 Å². The van der Waals surface area contributed by atoms with Crippen LogP contribution in [0.25, 0.3) is 10.8 Å². The SMILES string of the molecule is CN1C(=O)C(NC(=O)c2n[nH]c(Cc3ccccc3)n2)CSc2ccc3cnccc3c21. The van der Waals surface area contributed by atoms with Crippen molar-refractivity contribution in [1.29, 1.82) is 0 Å². The third-order valence-electron chi connectivity index (χ3n) is 5.38. The van der Waals surface area contributed by atoms with Crippen LogP contribution in [0.1, 0.15) is 22.0 Å². The summed E-state index contributed by atoms with van der Waals surface area (Å²) in [5, 5.41) is 11.6. The molecule has 2 amide bonds.